The van der Waals surface area contributed by atoms with E-state index in [0.29, 0.717) is 18.6 Å². The number of hydrogen-bond acceptors (Lipinski definition) is 2. The van der Waals surface area contributed by atoms with Gasteiger partial charge in [-0.05, 0) is 34.1 Å². The summed E-state index contributed by atoms with van der Waals surface area (Å²) in [7, 11) is 0. The fraction of sp³-hybridized carbons (Fsp3) is 0.300. The van der Waals surface area contributed by atoms with Crippen molar-refractivity contribution < 1.29 is 4.74 Å². The van der Waals surface area contributed by atoms with Crippen molar-refractivity contribution >= 4 is 17.3 Å². The van der Waals surface area contributed by atoms with Crippen molar-refractivity contribution in [3.8, 4) is 0 Å². The molecule has 0 bridgehead atoms. The highest BCUT2D eigenvalue weighted by molar-refractivity contribution is 8.03. The van der Waals surface area contributed by atoms with Gasteiger partial charge in [-0.1, -0.05) is 74.1 Å². The maximum atomic E-state index is 6.10. The van der Waals surface area contributed by atoms with Crippen LogP contribution in [0.15, 0.2) is 70.5 Å². The average molecular weight is 310 g/mol. The van der Waals surface area contributed by atoms with Gasteiger partial charge in [0, 0.05) is 11.3 Å². The summed E-state index contributed by atoms with van der Waals surface area (Å²) in [6.45, 7) is 5.19. The van der Waals surface area contributed by atoms with Crippen LogP contribution < -0.4 is 0 Å². The lowest BCUT2D eigenvalue weighted by atomic mass is 9.97. The molecule has 2 aromatic carbocycles. The van der Waals surface area contributed by atoms with Gasteiger partial charge in [0.1, 0.15) is 0 Å². The Morgan fingerprint density at radius 3 is 2.23 bits per heavy atom. The fourth-order valence-electron chi connectivity index (χ4n) is 2.68. The van der Waals surface area contributed by atoms with E-state index in [9.17, 15) is 0 Å². The Kier molecular flexibility index (Phi) is 5.01. The van der Waals surface area contributed by atoms with Crippen LogP contribution in [0, 0.1) is 5.92 Å². The van der Waals surface area contributed by atoms with Crippen LogP contribution in [-0.4, -0.2) is 12.7 Å². The van der Waals surface area contributed by atoms with Crippen molar-refractivity contribution in [2.45, 2.75) is 31.3 Å². The van der Waals surface area contributed by atoms with Gasteiger partial charge >= 0.3 is 0 Å². The quantitative estimate of drug-likeness (QED) is 0.723. The van der Waals surface area contributed by atoms with Crippen LogP contribution in [0.4, 0.5) is 0 Å². The van der Waals surface area contributed by atoms with E-state index < -0.39 is 0 Å². The number of thioether (sulfide) groups is 1. The van der Waals surface area contributed by atoms with Gasteiger partial charge in [-0.2, -0.15) is 0 Å². The Morgan fingerprint density at radius 1 is 0.955 bits per heavy atom. The van der Waals surface area contributed by atoms with Gasteiger partial charge < -0.3 is 4.74 Å². The lowest BCUT2D eigenvalue weighted by molar-refractivity contribution is 0.0384. The van der Waals surface area contributed by atoms with E-state index in [1.54, 1.807) is 0 Å². The second kappa shape index (κ2) is 7.17. The second-order valence-electron chi connectivity index (χ2n) is 5.98. The van der Waals surface area contributed by atoms with Crippen LogP contribution in [0.1, 0.15) is 25.8 Å². The first-order valence-electron chi connectivity index (χ1n) is 7.86. The topological polar surface area (TPSA) is 9.23 Å². The van der Waals surface area contributed by atoms with Gasteiger partial charge in [-0.3, -0.25) is 0 Å². The molecule has 0 radical (unpaired) electrons. The molecule has 1 aliphatic heterocycles. The molecule has 0 saturated carbocycles. The molecule has 0 fully saturated rings. The molecule has 0 spiro atoms. The summed E-state index contributed by atoms with van der Waals surface area (Å²) in [5, 5.41) is 0. The third-order valence-electron chi connectivity index (χ3n) is 4.01. The van der Waals surface area contributed by atoms with Gasteiger partial charge in [-0.15, -0.1) is 0 Å². The number of ether oxygens (including phenoxy) is 1. The molecule has 0 aliphatic carbocycles. The van der Waals surface area contributed by atoms with Gasteiger partial charge in [0.2, 0.25) is 0 Å². The van der Waals surface area contributed by atoms with E-state index in [0.717, 1.165) is 6.42 Å². The van der Waals surface area contributed by atoms with Gasteiger partial charge in [0.05, 0.1) is 12.7 Å². The normalized spacial score (nSPS) is 18.8. The Bertz CT molecular complexity index is 631. The predicted molar refractivity (Wildman–Crippen MR) is 94.9 cm³/mol. The maximum Gasteiger partial charge on any atom is 0.0734 e. The third-order valence-corrected chi connectivity index (χ3v) is 5.18. The molecule has 1 unspecified atom stereocenters. The van der Waals surface area contributed by atoms with Gasteiger partial charge in [0.25, 0.3) is 0 Å². The summed E-state index contributed by atoms with van der Waals surface area (Å²) in [5.74, 6) is 0.545. The first-order chi connectivity index (χ1) is 10.7. The number of hydrogen-bond donors (Lipinski definition) is 0. The van der Waals surface area contributed by atoms with E-state index in [1.807, 2.05) is 11.8 Å². The molecule has 1 aliphatic rings. The summed E-state index contributed by atoms with van der Waals surface area (Å²) in [6, 6.07) is 21.3. The van der Waals surface area contributed by atoms with Crippen LogP contribution in [-0.2, 0) is 4.74 Å². The average Bonchev–Trinajstić information content (AvgIpc) is 2.56. The molecular weight excluding hydrogens is 288 g/mol. The highest BCUT2D eigenvalue weighted by Gasteiger charge is 2.25. The standard InChI is InChI=1S/C20H22OS/c1-15(2)19-13-20(22-17-11-7-4-8-12-17)18(14-21-19)16-9-5-3-6-10-16/h3-12,15,19H,13-14H2,1-2H3. The van der Waals surface area contributed by atoms with Crippen molar-refractivity contribution in [3.63, 3.8) is 0 Å². The largest absolute Gasteiger partial charge is 0.373 e. The van der Waals surface area contributed by atoms with Crippen LogP contribution in [0.2, 0.25) is 0 Å². The Hall–Kier alpha value is -1.51. The molecule has 1 heterocycles. The molecule has 1 atom stereocenters. The van der Waals surface area contributed by atoms with Crippen molar-refractivity contribution in [1.82, 2.24) is 0 Å². The SMILES string of the molecule is CC(C)C1CC(Sc2ccccc2)=C(c2ccccc2)CO1. The van der Waals surface area contributed by atoms with E-state index >= 15 is 0 Å². The molecule has 0 saturated heterocycles. The Balaban J connectivity index is 1.94. The summed E-state index contributed by atoms with van der Waals surface area (Å²) in [4.78, 5) is 2.75. The van der Waals surface area contributed by atoms with E-state index in [4.69, 9.17) is 4.74 Å². The zero-order valence-corrected chi connectivity index (χ0v) is 14.0. The van der Waals surface area contributed by atoms with Crippen molar-refractivity contribution in [2.24, 2.45) is 5.92 Å². The Labute approximate surface area is 137 Å². The molecule has 0 amide bonds. The van der Waals surface area contributed by atoms with Crippen LogP contribution in [0.5, 0.6) is 0 Å². The molecule has 22 heavy (non-hydrogen) atoms. The van der Waals surface area contributed by atoms with Crippen LogP contribution >= 0.6 is 11.8 Å². The minimum atomic E-state index is 0.318. The monoisotopic (exact) mass is 310 g/mol. The zero-order chi connectivity index (χ0) is 15.4. The molecule has 1 nitrogen and oxygen atoms in total. The Morgan fingerprint density at radius 2 is 1.59 bits per heavy atom. The molecule has 2 aromatic rings. The molecular formula is C20H22OS. The van der Waals surface area contributed by atoms with E-state index in [1.165, 1.54) is 20.9 Å². The molecule has 0 N–H and O–H groups in total. The van der Waals surface area contributed by atoms with Crippen molar-refractivity contribution in [1.29, 1.82) is 0 Å². The summed E-state index contributed by atoms with van der Waals surface area (Å²) >= 11 is 1.89. The fourth-order valence-corrected chi connectivity index (χ4v) is 3.81. The summed E-state index contributed by atoms with van der Waals surface area (Å²) in [5.41, 5.74) is 2.62. The molecule has 3 rings (SSSR count). The minimum absolute atomic E-state index is 0.318. The minimum Gasteiger partial charge on any atom is -0.373 e. The zero-order valence-electron chi connectivity index (χ0n) is 13.2. The van der Waals surface area contributed by atoms with Crippen LogP contribution in [0.3, 0.4) is 0 Å². The molecule has 2 heteroatoms. The highest BCUT2D eigenvalue weighted by Crippen LogP contribution is 2.40. The summed E-state index contributed by atoms with van der Waals surface area (Å²) in [6.07, 6.45) is 1.32. The van der Waals surface area contributed by atoms with Gasteiger partial charge in [-0.25, -0.2) is 0 Å². The van der Waals surface area contributed by atoms with E-state index in [2.05, 4.69) is 74.5 Å². The third kappa shape index (κ3) is 3.63. The predicted octanol–water partition coefficient (Wildman–Crippen LogP) is 5.63. The first-order valence-corrected chi connectivity index (χ1v) is 8.67. The van der Waals surface area contributed by atoms with E-state index in [-0.39, 0.29) is 0 Å². The lowest BCUT2D eigenvalue weighted by Gasteiger charge is -2.30. The smallest absolute Gasteiger partial charge is 0.0734 e. The highest BCUT2D eigenvalue weighted by atomic mass is 32.2. The van der Waals surface area contributed by atoms with Crippen LogP contribution in [0.25, 0.3) is 5.57 Å². The summed E-state index contributed by atoms with van der Waals surface area (Å²) < 4.78 is 6.10. The number of rotatable bonds is 4. The molecule has 0 aromatic heterocycles. The second-order valence-corrected chi connectivity index (χ2v) is 7.15. The van der Waals surface area contributed by atoms with Crippen molar-refractivity contribution in [3.05, 3.63) is 71.1 Å². The lowest BCUT2D eigenvalue weighted by Crippen LogP contribution is -2.25. The maximum absolute atomic E-state index is 6.10. The number of benzene rings is 2. The van der Waals surface area contributed by atoms with Crippen molar-refractivity contribution in [2.75, 3.05) is 6.61 Å². The molecule has 114 valence electrons. The van der Waals surface area contributed by atoms with Gasteiger partial charge in [0.15, 0.2) is 0 Å². The first kappa shape index (κ1) is 15.4.